The Kier molecular flexibility index (Phi) is 6.58. The number of fused-ring (bicyclic) bond motifs is 3. The lowest BCUT2D eigenvalue weighted by Crippen LogP contribution is -2.46. The van der Waals surface area contributed by atoms with Crippen LogP contribution in [-0.4, -0.2) is 50.8 Å². The molecule has 2 aromatic carbocycles. The van der Waals surface area contributed by atoms with E-state index in [2.05, 4.69) is 46.3 Å². The van der Waals surface area contributed by atoms with Gasteiger partial charge in [0.2, 0.25) is 0 Å². The Morgan fingerprint density at radius 1 is 1.15 bits per heavy atom. The second kappa shape index (κ2) is 9.92. The number of nitriles is 1. The first-order valence-electron chi connectivity index (χ1n) is 11.8. The van der Waals surface area contributed by atoms with Gasteiger partial charge in [0.05, 0.1) is 6.07 Å². The van der Waals surface area contributed by atoms with Gasteiger partial charge in [0, 0.05) is 31.7 Å². The van der Waals surface area contributed by atoms with Gasteiger partial charge in [0.25, 0.3) is 5.91 Å². The van der Waals surface area contributed by atoms with Crippen LogP contribution in [0.5, 0.6) is 5.75 Å². The number of ether oxygens (including phenoxy) is 2. The number of hydrogen-bond donors (Lipinski definition) is 3. The van der Waals surface area contributed by atoms with Crippen LogP contribution in [0.25, 0.3) is 11.1 Å². The van der Waals surface area contributed by atoms with E-state index in [-0.39, 0.29) is 5.91 Å². The largest absolute Gasteiger partial charge is 0.488 e. The van der Waals surface area contributed by atoms with Gasteiger partial charge in [-0.25, -0.2) is 0 Å². The average molecular weight is 447 g/mol. The second-order valence-corrected chi connectivity index (χ2v) is 9.04. The molecule has 1 unspecified atom stereocenters. The van der Waals surface area contributed by atoms with Crippen molar-refractivity contribution in [3.63, 3.8) is 0 Å². The highest BCUT2D eigenvalue weighted by atomic mass is 16.5. The monoisotopic (exact) mass is 446 g/mol. The van der Waals surface area contributed by atoms with Crippen molar-refractivity contribution in [2.75, 3.05) is 32.8 Å². The van der Waals surface area contributed by atoms with Crippen LogP contribution >= 0.6 is 0 Å². The first-order valence-corrected chi connectivity index (χ1v) is 11.8. The Hall–Kier alpha value is -2.92. The number of nitrogens with zero attached hydrogens (tertiary/aromatic N) is 1. The predicted octanol–water partition coefficient (Wildman–Crippen LogP) is 2.25. The van der Waals surface area contributed by atoms with Gasteiger partial charge in [-0.2, -0.15) is 5.26 Å². The maximum Gasteiger partial charge on any atom is 0.251 e. The Labute approximate surface area is 194 Å². The van der Waals surface area contributed by atoms with E-state index in [1.165, 1.54) is 23.1 Å². The Morgan fingerprint density at radius 2 is 2.06 bits per heavy atom. The summed E-state index contributed by atoms with van der Waals surface area (Å²) >= 11 is 0. The molecule has 7 nitrogen and oxygen atoms in total. The molecule has 5 rings (SSSR count). The van der Waals surface area contributed by atoms with E-state index >= 15 is 0 Å². The molecule has 2 saturated heterocycles. The van der Waals surface area contributed by atoms with Crippen molar-refractivity contribution in [3.8, 4) is 22.9 Å². The Morgan fingerprint density at radius 3 is 2.91 bits per heavy atom. The summed E-state index contributed by atoms with van der Waals surface area (Å²) in [6.07, 6.45) is 1.91. The topological polar surface area (TPSA) is 95.4 Å². The minimum atomic E-state index is -0.625. The highest BCUT2D eigenvalue weighted by Gasteiger charge is 2.25. The smallest absolute Gasteiger partial charge is 0.251 e. The summed E-state index contributed by atoms with van der Waals surface area (Å²) in [6, 6.07) is 14.4. The molecule has 1 amide bonds. The zero-order chi connectivity index (χ0) is 22.6. The van der Waals surface area contributed by atoms with E-state index in [1.54, 1.807) is 0 Å². The zero-order valence-corrected chi connectivity index (χ0v) is 18.7. The predicted molar refractivity (Wildman–Crippen MR) is 125 cm³/mol. The van der Waals surface area contributed by atoms with E-state index in [1.807, 2.05) is 12.1 Å². The molecule has 3 heterocycles. The van der Waals surface area contributed by atoms with Crippen molar-refractivity contribution in [3.05, 3.63) is 53.1 Å². The lowest BCUT2D eigenvalue weighted by atomic mass is 9.89. The van der Waals surface area contributed by atoms with Crippen molar-refractivity contribution in [1.82, 2.24) is 16.0 Å². The molecule has 0 saturated carbocycles. The van der Waals surface area contributed by atoms with Crippen LogP contribution < -0.4 is 20.7 Å². The van der Waals surface area contributed by atoms with Gasteiger partial charge >= 0.3 is 0 Å². The van der Waals surface area contributed by atoms with Crippen LogP contribution in [0.15, 0.2) is 36.4 Å². The Bertz CT molecular complexity index is 1050. The first-order chi connectivity index (χ1) is 16.2. The number of hydrogen-bond acceptors (Lipinski definition) is 6. The number of carbonyl (C=O) groups is 1. The quantitative estimate of drug-likeness (QED) is 0.652. The molecule has 0 spiro atoms. The van der Waals surface area contributed by atoms with Crippen molar-refractivity contribution >= 4 is 5.91 Å². The summed E-state index contributed by atoms with van der Waals surface area (Å²) in [6.45, 7) is 4.50. The van der Waals surface area contributed by atoms with Gasteiger partial charge in [0.1, 0.15) is 24.5 Å². The third-order valence-electron chi connectivity index (χ3n) is 6.74. The van der Waals surface area contributed by atoms with Gasteiger partial charge in [-0.1, -0.05) is 30.3 Å². The molecular formula is C26H30N4O3. The normalized spacial score (nSPS) is 22.8. The Balaban J connectivity index is 1.30. The fourth-order valence-corrected chi connectivity index (χ4v) is 4.87. The molecule has 172 valence electrons. The van der Waals surface area contributed by atoms with Gasteiger partial charge in [-0.3, -0.25) is 4.79 Å². The highest BCUT2D eigenvalue weighted by molar-refractivity contribution is 5.81. The number of carbonyl (C=O) groups excluding carboxylic acids is 1. The average Bonchev–Trinajstić information content (AvgIpc) is 3.25. The fourth-order valence-electron chi connectivity index (χ4n) is 4.87. The molecule has 3 N–H and O–H groups in total. The summed E-state index contributed by atoms with van der Waals surface area (Å²) in [5, 5.41) is 19.1. The lowest BCUT2D eigenvalue weighted by molar-refractivity contribution is -0.132. The lowest BCUT2D eigenvalue weighted by Gasteiger charge is -2.24. The number of benzene rings is 2. The molecule has 0 radical (unpaired) electrons. The molecule has 3 aliphatic rings. The van der Waals surface area contributed by atoms with E-state index in [0.29, 0.717) is 32.1 Å². The van der Waals surface area contributed by atoms with Gasteiger partial charge in [0.15, 0.2) is 0 Å². The fraction of sp³-hybridized carbons (Fsp3) is 0.462. The van der Waals surface area contributed by atoms with Gasteiger partial charge in [-0.15, -0.1) is 0 Å². The molecule has 2 fully saturated rings. The van der Waals surface area contributed by atoms with Gasteiger partial charge < -0.3 is 25.4 Å². The minimum absolute atomic E-state index is 0.243. The SMILES string of the molecule is N#C[C@H](Cc1ccc2c(c1)OCc1ccc(C3CCNC3)cc1-2)NC(=O)[C@@H]1CNCCCO1. The van der Waals surface area contributed by atoms with Crippen LogP contribution in [0.3, 0.4) is 0 Å². The maximum atomic E-state index is 12.6. The molecule has 3 aliphatic heterocycles. The van der Waals surface area contributed by atoms with E-state index in [0.717, 1.165) is 42.9 Å². The molecule has 0 aromatic heterocycles. The molecule has 0 aliphatic carbocycles. The third kappa shape index (κ3) is 4.88. The number of rotatable bonds is 5. The molecule has 7 heteroatoms. The van der Waals surface area contributed by atoms with Crippen molar-refractivity contribution in [2.45, 2.75) is 43.9 Å². The van der Waals surface area contributed by atoms with Crippen LogP contribution in [0.1, 0.15) is 35.4 Å². The third-order valence-corrected chi connectivity index (χ3v) is 6.74. The standard InChI is InChI=1S/C26H30N4O3/c27-13-21(30-26(31)25-15-28-7-1-9-32-25)10-17-2-5-22-23-12-18(19-6-8-29-14-19)3-4-20(23)16-33-24(22)11-17/h2-5,11-12,19,21,25,28-29H,1,6-10,14-16H2,(H,30,31)/t19?,21-,25-/m0/s1. The summed E-state index contributed by atoms with van der Waals surface area (Å²) < 4.78 is 11.7. The van der Waals surface area contributed by atoms with E-state index in [4.69, 9.17) is 9.47 Å². The molecule has 0 bridgehead atoms. The second-order valence-electron chi connectivity index (χ2n) is 9.04. The maximum absolute atomic E-state index is 12.6. The van der Waals surface area contributed by atoms with Crippen LogP contribution in [0.2, 0.25) is 0 Å². The van der Waals surface area contributed by atoms with Crippen LogP contribution in [0, 0.1) is 11.3 Å². The summed E-state index contributed by atoms with van der Waals surface area (Å²) in [4.78, 5) is 12.6. The molecule has 3 atom stereocenters. The molecule has 33 heavy (non-hydrogen) atoms. The number of amides is 1. The number of nitrogens with one attached hydrogen (secondary N) is 3. The summed E-state index contributed by atoms with van der Waals surface area (Å²) in [5.74, 6) is 1.16. The van der Waals surface area contributed by atoms with Crippen LogP contribution in [-0.2, 0) is 22.6 Å². The summed E-state index contributed by atoms with van der Waals surface area (Å²) in [7, 11) is 0. The van der Waals surface area contributed by atoms with E-state index in [9.17, 15) is 10.1 Å². The van der Waals surface area contributed by atoms with Crippen molar-refractivity contribution < 1.29 is 14.3 Å². The summed E-state index contributed by atoms with van der Waals surface area (Å²) in [5.41, 5.74) is 5.85. The van der Waals surface area contributed by atoms with E-state index < -0.39 is 12.1 Å². The molecular weight excluding hydrogens is 416 g/mol. The van der Waals surface area contributed by atoms with Gasteiger partial charge in [-0.05, 0) is 60.2 Å². The van der Waals surface area contributed by atoms with Crippen molar-refractivity contribution in [1.29, 1.82) is 5.26 Å². The minimum Gasteiger partial charge on any atom is -0.488 e. The zero-order valence-electron chi connectivity index (χ0n) is 18.7. The first kappa shape index (κ1) is 21.9. The highest BCUT2D eigenvalue weighted by Crippen LogP contribution is 2.40. The van der Waals surface area contributed by atoms with Crippen LogP contribution in [0.4, 0.5) is 0 Å². The molecule has 2 aromatic rings. The van der Waals surface area contributed by atoms with Crippen molar-refractivity contribution in [2.24, 2.45) is 0 Å².